The maximum absolute atomic E-state index is 12.4. The average molecular weight is 603 g/mol. The molecule has 6 heterocycles. The molecule has 6 aliphatic heterocycles. The third-order valence-corrected chi connectivity index (χ3v) is 13.4. The van der Waals surface area contributed by atoms with Crippen LogP contribution in [0.3, 0.4) is 0 Å². The van der Waals surface area contributed by atoms with Gasteiger partial charge in [0.2, 0.25) is 11.2 Å². The molecule has 0 amide bonds. The molecule has 0 aromatic heterocycles. The van der Waals surface area contributed by atoms with Crippen LogP contribution in [0.5, 0.6) is 0 Å². The molecule has 10 rings (SSSR count). The second-order valence-electron chi connectivity index (χ2n) is 15.3. The van der Waals surface area contributed by atoms with E-state index >= 15 is 0 Å². The van der Waals surface area contributed by atoms with E-state index in [0.29, 0.717) is 0 Å². The summed E-state index contributed by atoms with van der Waals surface area (Å²) in [5.74, 6) is -4.37. The number of epoxide rings is 2. The first-order valence-corrected chi connectivity index (χ1v) is 14.9. The minimum absolute atomic E-state index is 0.189. The Morgan fingerprint density at radius 1 is 0.791 bits per heavy atom. The van der Waals surface area contributed by atoms with Gasteiger partial charge in [0, 0.05) is 24.7 Å². The van der Waals surface area contributed by atoms with E-state index in [1.807, 2.05) is 6.92 Å². The highest BCUT2D eigenvalue weighted by Gasteiger charge is 2.97. The Morgan fingerprint density at radius 3 is 1.72 bits per heavy atom. The first-order valence-electron chi connectivity index (χ1n) is 14.9. The lowest BCUT2D eigenvalue weighted by Gasteiger charge is -2.53. The molecule has 10 fully saturated rings. The second kappa shape index (κ2) is 6.81. The monoisotopic (exact) mass is 602 g/mol. The number of aliphatic hydroxyl groups is 3. The van der Waals surface area contributed by atoms with E-state index in [-0.39, 0.29) is 24.9 Å². The normalized spacial score (nSPS) is 61.3. The summed E-state index contributed by atoms with van der Waals surface area (Å²) in [7, 11) is 0. The lowest BCUT2D eigenvalue weighted by molar-refractivity contribution is -0.223. The zero-order valence-corrected chi connectivity index (χ0v) is 24.3. The van der Waals surface area contributed by atoms with E-state index in [0.717, 1.165) is 5.57 Å². The van der Waals surface area contributed by atoms with Crippen LogP contribution >= 0.6 is 0 Å². The second-order valence-corrected chi connectivity index (χ2v) is 15.3. The van der Waals surface area contributed by atoms with Crippen LogP contribution in [0.2, 0.25) is 0 Å². The molecule has 6 saturated heterocycles. The molecule has 0 aromatic rings. The quantitative estimate of drug-likeness (QED) is 0.152. The lowest BCUT2D eigenvalue weighted by atomic mass is 9.52. The van der Waals surface area contributed by atoms with Crippen LogP contribution in [-0.2, 0) is 47.6 Å². The Labute approximate surface area is 245 Å². The molecule has 2 spiro atoms. The zero-order valence-electron chi connectivity index (χ0n) is 24.3. The molecule has 4 bridgehead atoms. The van der Waals surface area contributed by atoms with E-state index in [9.17, 15) is 34.5 Å². The highest BCUT2D eigenvalue weighted by atomic mass is 16.7. The Kier molecular flexibility index (Phi) is 4.24. The van der Waals surface area contributed by atoms with Gasteiger partial charge >= 0.3 is 23.9 Å². The topological polar surface area (TPSA) is 191 Å². The predicted molar refractivity (Wildman–Crippen MR) is 135 cm³/mol. The van der Waals surface area contributed by atoms with Crippen molar-refractivity contribution in [3.8, 4) is 0 Å². The molecule has 0 radical (unpaired) electrons. The number of hydrogen-bond donors (Lipinski definition) is 3. The fourth-order valence-corrected chi connectivity index (χ4v) is 11.4. The Balaban J connectivity index is 0.000000121. The summed E-state index contributed by atoms with van der Waals surface area (Å²) in [6.45, 7) is 12.5. The van der Waals surface area contributed by atoms with Gasteiger partial charge in [-0.1, -0.05) is 12.2 Å². The number of ether oxygens (including phenoxy) is 6. The third kappa shape index (κ3) is 2.29. The van der Waals surface area contributed by atoms with Gasteiger partial charge in [-0.15, -0.1) is 0 Å². The first-order chi connectivity index (χ1) is 19.9. The number of esters is 4. The molecule has 43 heavy (non-hydrogen) atoms. The summed E-state index contributed by atoms with van der Waals surface area (Å²) >= 11 is 0. The fourth-order valence-electron chi connectivity index (χ4n) is 11.4. The van der Waals surface area contributed by atoms with Crippen molar-refractivity contribution in [3.63, 3.8) is 0 Å². The van der Waals surface area contributed by atoms with Crippen molar-refractivity contribution in [1.29, 1.82) is 0 Å². The van der Waals surface area contributed by atoms with Crippen molar-refractivity contribution >= 4 is 23.9 Å². The fraction of sp³-hybridized carbons (Fsp3) is 0.800. The van der Waals surface area contributed by atoms with Gasteiger partial charge in [0.1, 0.15) is 24.4 Å². The maximum atomic E-state index is 12.4. The van der Waals surface area contributed by atoms with Crippen molar-refractivity contribution in [2.75, 3.05) is 0 Å². The molecule has 0 aromatic carbocycles. The highest BCUT2D eigenvalue weighted by Crippen LogP contribution is 2.78. The molecule has 232 valence electrons. The minimum atomic E-state index is -1.47. The maximum Gasteiger partial charge on any atom is 0.342 e. The molecular weight excluding hydrogens is 568 g/mol. The van der Waals surface area contributed by atoms with Gasteiger partial charge in [-0.25, -0.2) is 9.59 Å². The van der Waals surface area contributed by atoms with Crippen LogP contribution in [0.4, 0.5) is 0 Å². The molecule has 0 unspecified atom stereocenters. The minimum Gasteiger partial charge on any atom is -0.458 e. The zero-order chi connectivity index (χ0) is 30.8. The van der Waals surface area contributed by atoms with Gasteiger partial charge in [0.25, 0.3) is 0 Å². The van der Waals surface area contributed by atoms with E-state index in [1.165, 1.54) is 0 Å². The molecule has 4 saturated carbocycles. The van der Waals surface area contributed by atoms with Gasteiger partial charge in [0.15, 0.2) is 12.2 Å². The van der Waals surface area contributed by atoms with Crippen LogP contribution in [-0.4, -0.2) is 104 Å². The summed E-state index contributed by atoms with van der Waals surface area (Å²) < 4.78 is 33.2. The SMILES string of the molecule is C=C(C)[C@@H]1[C@@H]2OC(=O)[C@H]1[C@@]1(O)C[C@H]3O[C@]34C(=O)O[C@H]2[C@]41C.CC(C)(O)[C@@H]1[C@@H]2OC(=O)[C@H]1[C@@]1(O)C[C@H]3O[C@]34C(=O)O[C@H]2[C@]41C. The van der Waals surface area contributed by atoms with Gasteiger partial charge in [-0.05, 0) is 34.6 Å². The summed E-state index contributed by atoms with van der Waals surface area (Å²) in [5, 5.41) is 33.3. The van der Waals surface area contributed by atoms with Gasteiger partial charge in [-0.2, -0.15) is 0 Å². The Morgan fingerprint density at radius 2 is 1.23 bits per heavy atom. The van der Waals surface area contributed by atoms with Crippen molar-refractivity contribution in [3.05, 3.63) is 12.2 Å². The number of carbonyl (C=O) groups excluding carboxylic acids is 4. The van der Waals surface area contributed by atoms with Crippen molar-refractivity contribution in [2.24, 2.45) is 34.5 Å². The summed E-state index contributed by atoms with van der Waals surface area (Å²) in [4.78, 5) is 49.4. The van der Waals surface area contributed by atoms with E-state index in [4.69, 9.17) is 28.4 Å². The molecule has 4 aliphatic carbocycles. The Bertz CT molecular complexity index is 1500. The standard InChI is InChI=1S/C15H18O7.C15H16O6/c1-12(2,18)6-7-10(16)20-8(6)9-13(3)14(7,19)4-5-15(13,22-5)11(17)21-9;1-5(2)7-8-11(16)19-9(7)10-13(3)14(8,18)4-6-15(13,21-6)12(17)20-10/h5-9,18-19H,4H2,1-3H3;6-10,18H,1,4H2,2-3H3/t5-,6+,7+,8+,9-,13+,14+,15+;6-,7+,8+,9+,10-,13+,14+,15+/m11/s1. The van der Waals surface area contributed by atoms with Crippen molar-refractivity contribution in [2.45, 2.75) is 112 Å². The summed E-state index contributed by atoms with van der Waals surface area (Å²) in [6.07, 6.45) is -3.12. The number of carbonyl (C=O) groups is 4. The van der Waals surface area contributed by atoms with Crippen LogP contribution in [0, 0.1) is 34.5 Å². The van der Waals surface area contributed by atoms with Crippen LogP contribution in [0.1, 0.15) is 47.5 Å². The number of hydrogen-bond acceptors (Lipinski definition) is 13. The molecule has 3 N–H and O–H groups in total. The van der Waals surface area contributed by atoms with Crippen LogP contribution in [0.15, 0.2) is 12.2 Å². The molecular formula is C30H34O13. The molecule has 16 atom stereocenters. The largest absolute Gasteiger partial charge is 0.458 e. The smallest absolute Gasteiger partial charge is 0.342 e. The molecule has 13 nitrogen and oxygen atoms in total. The van der Waals surface area contributed by atoms with E-state index in [2.05, 4.69) is 6.58 Å². The van der Waals surface area contributed by atoms with Crippen LogP contribution < -0.4 is 0 Å². The molecule has 13 heteroatoms. The first kappa shape index (κ1) is 26.8. The summed E-state index contributed by atoms with van der Waals surface area (Å²) in [5.41, 5.74) is -7.49. The summed E-state index contributed by atoms with van der Waals surface area (Å²) in [6, 6.07) is 0. The molecule has 10 aliphatic rings. The predicted octanol–water partition coefficient (Wildman–Crippen LogP) is -0.929. The number of rotatable bonds is 2. The van der Waals surface area contributed by atoms with Crippen molar-refractivity contribution in [1.82, 2.24) is 0 Å². The van der Waals surface area contributed by atoms with Gasteiger partial charge in [0.05, 0.1) is 39.5 Å². The van der Waals surface area contributed by atoms with Crippen LogP contribution in [0.25, 0.3) is 0 Å². The van der Waals surface area contributed by atoms with Gasteiger partial charge in [-0.3, -0.25) is 9.59 Å². The Hall–Kier alpha value is -2.58. The number of fused-ring (bicyclic) bond motifs is 8. The van der Waals surface area contributed by atoms with Crippen molar-refractivity contribution < 1.29 is 62.9 Å². The lowest BCUT2D eigenvalue weighted by Crippen LogP contribution is -2.68. The van der Waals surface area contributed by atoms with Gasteiger partial charge < -0.3 is 43.7 Å². The third-order valence-electron chi connectivity index (χ3n) is 13.4. The van der Waals surface area contributed by atoms with E-state index in [1.54, 1.807) is 27.7 Å². The van der Waals surface area contributed by atoms with E-state index < -0.39 is 111 Å². The average Bonchev–Trinajstić information content (AvgIpc) is 3.58. The highest BCUT2D eigenvalue weighted by molar-refractivity contribution is 5.92.